The molecule has 3 rings (SSSR count). The third-order valence-corrected chi connectivity index (χ3v) is 3.26. The number of nitrogens with zero attached hydrogens (tertiary/aromatic N) is 3. The second kappa shape index (κ2) is 4.81. The van der Waals surface area contributed by atoms with Gasteiger partial charge in [-0.15, -0.1) is 0 Å². The molecule has 6 nitrogen and oxygen atoms in total. The van der Waals surface area contributed by atoms with Gasteiger partial charge in [-0.1, -0.05) is 0 Å². The van der Waals surface area contributed by atoms with Gasteiger partial charge in [0, 0.05) is 25.5 Å². The Hall–Kier alpha value is -2.21. The number of hydrogen-bond acceptors (Lipinski definition) is 4. The van der Waals surface area contributed by atoms with Crippen LogP contribution in [0.15, 0.2) is 24.7 Å². The molecule has 3 heterocycles. The van der Waals surface area contributed by atoms with Crippen molar-refractivity contribution in [3.05, 3.63) is 41.6 Å². The van der Waals surface area contributed by atoms with Crippen LogP contribution in [0.3, 0.4) is 0 Å². The lowest BCUT2D eigenvalue weighted by atomic mass is 10.1. The first-order valence-electron chi connectivity index (χ1n) is 6.23. The molecule has 0 spiro atoms. The molecule has 0 unspecified atom stereocenters. The van der Waals surface area contributed by atoms with Crippen molar-refractivity contribution in [3.63, 3.8) is 0 Å². The van der Waals surface area contributed by atoms with Crippen LogP contribution in [0, 0.1) is 6.92 Å². The van der Waals surface area contributed by atoms with E-state index in [0.29, 0.717) is 5.56 Å². The van der Waals surface area contributed by atoms with Crippen LogP contribution in [-0.4, -0.2) is 27.0 Å². The van der Waals surface area contributed by atoms with Gasteiger partial charge in [-0.25, -0.2) is 4.98 Å². The molecule has 0 aromatic carbocycles. The van der Waals surface area contributed by atoms with E-state index in [1.165, 1.54) is 0 Å². The first-order valence-corrected chi connectivity index (χ1v) is 6.23. The fourth-order valence-corrected chi connectivity index (χ4v) is 2.18. The molecule has 0 saturated carbocycles. The molecule has 2 aromatic heterocycles. The third-order valence-electron chi connectivity index (χ3n) is 3.26. The minimum absolute atomic E-state index is 0.146. The Morgan fingerprint density at radius 1 is 1.47 bits per heavy atom. The van der Waals surface area contributed by atoms with Crippen molar-refractivity contribution in [1.82, 2.24) is 19.9 Å². The van der Waals surface area contributed by atoms with Crippen molar-refractivity contribution in [3.8, 4) is 0 Å². The van der Waals surface area contributed by atoms with Gasteiger partial charge in [0.2, 0.25) is 0 Å². The molecule has 0 bridgehead atoms. The van der Waals surface area contributed by atoms with Gasteiger partial charge in [0.15, 0.2) is 0 Å². The summed E-state index contributed by atoms with van der Waals surface area (Å²) < 4.78 is 2.03. The summed E-state index contributed by atoms with van der Waals surface area (Å²) >= 11 is 0. The number of hydrogen-bond donors (Lipinski definition) is 2. The Balaban J connectivity index is 1.84. The number of imidazole rings is 1. The molecule has 1 aliphatic rings. The third kappa shape index (κ3) is 2.22. The van der Waals surface area contributed by atoms with Crippen LogP contribution in [0.4, 0.5) is 5.82 Å². The molecular formula is C13H15N5O. The maximum absolute atomic E-state index is 12.2. The summed E-state index contributed by atoms with van der Waals surface area (Å²) in [6.45, 7) is 4.34. The van der Waals surface area contributed by atoms with Crippen LogP contribution in [0.1, 0.15) is 21.7 Å². The number of amides is 1. The van der Waals surface area contributed by atoms with Crippen molar-refractivity contribution in [2.24, 2.45) is 0 Å². The first-order chi connectivity index (χ1) is 9.25. The molecule has 0 atom stereocenters. The van der Waals surface area contributed by atoms with E-state index in [1.54, 1.807) is 18.6 Å². The summed E-state index contributed by atoms with van der Waals surface area (Å²) in [4.78, 5) is 20.5. The fraction of sp³-hybridized carbons (Fsp3) is 0.308. The van der Waals surface area contributed by atoms with Crippen molar-refractivity contribution in [2.45, 2.75) is 20.0 Å². The lowest BCUT2D eigenvalue weighted by molar-refractivity contribution is 0.102. The zero-order valence-corrected chi connectivity index (χ0v) is 10.7. The molecule has 98 valence electrons. The smallest absolute Gasteiger partial charge is 0.258 e. The standard InChI is InChI=1S/C13H15N5O/c1-9-2-3-14-6-10(9)13(19)17-12-8-16-11-7-15-4-5-18(11)12/h2-3,6,8,15H,4-5,7H2,1H3,(H,17,19). The second-order valence-corrected chi connectivity index (χ2v) is 4.53. The summed E-state index contributed by atoms with van der Waals surface area (Å²) in [7, 11) is 0. The number of carbonyl (C=O) groups excluding carboxylic acids is 1. The van der Waals surface area contributed by atoms with E-state index >= 15 is 0 Å². The lowest BCUT2D eigenvalue weighted by Gasteiger charge is -2.17. The molecule has 0 aliphatic carbocycles. The van der Waals surface area contributed by atoms with Gasteiger partial charge in [-0.05, 0) is 18.6 Å². The van der Waals surface area contributed by atoms with Crippen LogP contribution in [0.5, 0.6) is 0 Å². The average Bonchev–Trinajstić information content (AvgIpc) is 2.83. The van der Waals surface area contributed by atoms with Crippen molar-refractivity contribution in [2.75, 3.05) is 11.9 Å². The average molecular weight is 257 g/mol. The van der Waals surface area contributed by atoms with E-state index in [-0.39, 0.29) is 5.91 Å². The fourth-order valence-electron chi connectivity index (χ4n) is 2.18. The highest BCUT2D eigenvalue weighted by molar-refractivity contribution is 6.04. The molecule has 6 heteroatoms. The summed E-state index contributed by atoms with van der Waals surface area (Å²) in [5, 5.41) is 6.14. The minimum Gasteiger partial charge on any atom is -0.312 e. The van der Waals surface area contributed by atoms with E-state index in [1.807, 2.05) is 17.6 Å². The van der Waals surface area contributed by atoms with Gasteiger partial charge < -0.3 is 15.2 Å². The number of nitrogens with one attached hydrogen (secondary N) is 2. The number of rotatable bonds is 2. The van der Waals surface area contributed by atoms with Gasteiger partial charge in [0.25, 0.3) is 5.91 Å². The Kier molecular flexibility index (Phi) is 3.00. The highest BCUT2D eigenvalue weighted by Crippen LogP contribution is 2.15. The maximum Gasteiger partial charge on any atom is 0.258 e. The van der Waals surface area contributed by atoms with E-state index in [2.05, 4.69) is 20.6 Å². The van der Waals surface area contributed by atoms with E-state index in [9.17, 15) is 4.79 Å². The minimum atomic E-state index is -0.146. The maximum atomic E-state index is 12.2. The first kappa shape index (κ1) is 11.9. The van der Waals surface area contributed by atoms with E-state index < -0.39 is 0 Å². The van der Waals surface area contributed by atoms with Crippen molar-refractivity contribution in [1.29, 1.82) is 0 Å². The topological polar surface area (TPSA) is 71.8 Å². The molecule has 0 fully saturated rings. The van der Waals surface area contributed by atoms with E-state index in [4.69, 9.17) is 0 Å². The van der Waals surface area contributed by atoms with Gasteiger partial charge in [-0.3, -0.25) is 9.78 Å². The van der Waals surface area contributed by atoms with Crippen LogP contribution in [0.2, 0.25) is 0 Å². The lowest BCUT2D eigenvalue weighted by Crippen LogP contribution is -2.29. The largest absolute Gasteiger partial charge is 0.312 e. The summed E-state index contributed by atoms with van der Waals surface area (Å²) in [5.41, 5.74) is 1.50. The monoisotopic (exact) mass is 257 g/mol. The molecule has 2 aromatic rings. The molecule has 2 N–H and O–H groups in total. The van der Waals surface area contributed by atoms with Gasteiger partial charge in [0.05, 0.1) is 18.3 Å². The van der Waals surface area contributed by atoms with Gasteiger partial charge in [0.1, 0.15) is 11.6 Å². The van der Waals surface area contributed by atoms with Crippen molar-refractivity contribution < 1.29 is 4.79 Å². The normalized spacial score (nSPS) is 13.9. The van der Waals surface area contributed by atoms with Crippen LogP contribution in [0.25, 0.3) is 0 Å². The highest BCUT2D eigenvalue weighted by Gasteiger charge is 2.16. The number of aryl methyl sites for hydroxylation is 1. The molecule has 1 amide bonds. The SMILES string of the molecule is Cc1ccncc1C(=O)Nc1cnc2n1CCNC2. The summed E-state index contributed by atoms with van der Waals surface area (Å²) in [6.07, 6.45) is 4.96. The highest BCUT2D eigenvalue weighted by atomic mass is 16.1. The molecular weight excluding hydrogens is 242 g/mol. The Bertz CT molecular complexity index is 619. The number of anilines is 1. The van der Waals surface area contributed by atoms with Crippen LogP contribution >= 0.6 is 0 Å². The van der Waals surface area contributed by atoms with E-state index in [0.717, 1.165) is 36.8 Å². The predicted molar refractivity (Wildman–Crippen MR) is 70.9 cm³/mol. The molecule has 0 radical (unpaired) electrons. The van der Waals surface area contributed by atoms with Gasteiger partial charge >= 0.3 is 0 Å². The molecule has 1 aliphatic heterocycles. The van der Waals surface area contributed by atoms with Gasteiger partial charge in [-0.2, -0.15) is 0 Å². The number of aromatic nitrogens is 3. The quantitative estimate of drug-likeness (QED) is 0.840. The molecule has 19 heavy (non-hydrogen) atoms. The number of fused-ring (bicyclic) bond motifs is 1. The number of pyridine rings is 1. The van der Waals surface area contributed by atoms with Crippen LogP contribution < -0.4 is 10.6 Å². The second-order valence-electron chi connectivity index (χ2n) is 4.53. The number of carbonyl (C=O) groups is 1. The summed E-state index contributed by atoms with van der Waals surface area (Å²) in [5.74, 6) is 1.54. The Morgan fingerprint density at radius 3 is 3.21 bits per heavy atom. The zero-order chi connectivity index (χ0) is 13.2. The molecule has 0 saturated heterocycles. The predicted octanol–water partition coefficient (Wildman–Crippen LogP) is 0.942. The van der Waals surface area contributed by atoms with Crippen LogP contribution in [-0.2, 0) is 13.1 Å². The Morgan fingerprint density at radius 2 is 2.37 bits per heavy atom. The van der Waals surface area contributed by atoms with Crippen molar-refractivity contribution >= 4 is 11.7 Å². The summed E-state index contributed by atoms with van der Waals surface area (Å²) in [6, 6.07) is 1.82. The zero-order valence-electron chi connectivity index (χ0n) is 10.7. The Labute approximate surface area is 110 Å².